The first-order valence-corrected chi connectivity index (χ1v) is 2.72. The van der Waals surface area contributed by atoms with E-state index in [0.717, 1.165) is 6.20 Å². The van der Waals surface area contributed by atoms with E-state index in [4.69, 9.17) is 0 Å². The third-order valence-corrected chi connectivity index (χ3v) is 0.967. The lowest BCUT2D eigenvalue weighted by atomic mass is 10.4. The van der Waals surface area contributed by atoms with Gasteiger partial charge >= 0.3 is 6.18 Å². The highest BCUT2D eigenvalue weighted by Crippen LogP contribution is 2.25. The summed E-state index contributed by atoms with van der Waals surface area (Å²) < 4.78 is 35.4. The molecule has 0 bridgehead atoms. The standard InChI is InChI=1S/C6H4F3N2/c1-4-2-3-10-5(11-4)6(7,8)9/h2-3H,1H2. The molecule has 1 heterocycles. The summed E-state index contributed by atoms with van der Waals surface area (Å²) in [5.41, 5.74) is 0.0623. The highest BCUT2D eigenvalue weighted by atomic mass is 19.4. The van der Waals surface area contributed by atoms with Crippen LogP contribution in [0.2, 0.25) is 0 Å². The van der Waals surface area contributed by atoms with Gasteiger partial charge in [0.05, 0.1) is 0 Å². The molecule has 0 amide bonds. The van der Waals surface area contributed by atoms with Crippen LogP contribution in [0.1, 0.15) is 11.5 Å². The van der Waals surface area contributed by atoms with E-state index in [-0.39, 0.29) is 5.69 Å². The van der Waals surface area contributed by atoms with Crippen molar-refractivity contribution in [2.75, 3.05) is 0 Å². The number of hydrogen-bond donors (Lipinski definition) is 0. The number of aromatic nitrogens is 2. The van der Waals surface area contributed by atoms with E-state index in [9.17, 15) is 13.2 Å². The van der Waals surface area contributed by atoms with E-state index in [1.165, 1.54) is 6.07 Å². The molecule has 0 aromatic carbocycles. The smallest absolute Gasteiger partial charge is 0.233 e. The van der Waals surface area contributed by atoms with E-state index < -0.39 is 12.0 Å². The highest BCUT2D eigenvalue weighted by molar-refractivity contribution is 5.06. The SMILES string of the molecule is [CH2]c1ccnc(C(F)(F)F)n1. The molecule has 0 aliphatic heterocycles. The van der Waals surface area contributed by atoms with Crippen molar-refractivity contribution in [1.82, 2.24) is 9.97 Å². The Balaban J connectivity index is 3.06. The first kappa shape index (κ1) is 7.97. The van der Waals surface area contributed by atoms with Gasteiger partial charge in [-0.05, 0) is 13.0 Å². The molecule has 0 unspecified atom stereocenters. The maximum Gasteiger partial charge on any atom is 0.451 e. The quantitative estimate of drug-likeness (QED) is 0.578. The Morgan fingerprint density at radius 1 is 1.36 bits per heavy atom. The molecule has 5 heteroatoms. The monoisotopic (exact) mass is 161 g/mol. The Labute approximate surface area is 61.1 Å². The van der Waals surface area contributed by atoms with Gasteiger partial charge in [0.15, 0.2) is 0 Å². The number of halogens is 3. The van der Waals surface area contributed by atoms with E-state index in [1.807, 2.05) is 0 Å². The third-order valence-electron chi connectivity index (χ3n) is 0.967. The zero-order valence-electron chi connectivity index (χ0n) is 5.39. The molecule has 0 saturated carbocycles. The van der Waals surface area contributed by atoms with Gasteiger partial charge in [-0.15, -0.1) is 0 Å². The molecule has 0 spiro atoms. The number of rotatable bonds is 0. The zero-order chi connectivity index (χ0) is 8.48. The van der Waals surface area contributed by atoms with Crippen molar-refractivity contribution < 1.29 is 13.2 Å². The zero-order valence-corrected chi connectivity index (χ0v) is 5.39. The molecule has 0 fully saturated rings. The van der Waals surface area contributed by atoms with Crippen LogP contribution in [-0.2, 0) is 6.18 Å². The maximum absolute atomic E-state index is 11.8. The van der Waals surface area contributed by atoms with Crippen LogP contribution in [0.5, 0.6) is 0 Å². The van der Waals surface area contributed by atoms with Crippen LogP contribution in [0.4, 0.5) is 13.2 Å². The first-order valence-electron chi connectivity index (χ1n) is 2.72. The Kier molecular flexibility index (Phi) is 1.80. The topological polar surface area (TPSA) is 25.8 Å². The molecule has 0 N–H and O–H groups in total. The molecule has 11 heavy (non-hydrogen) atoms. The summed E-state index contributed by atoms with van der Waals surface area (Å²) in [6.45, 7) is 3.24. The second kappa shape index (κ2) is 2.48. The van der Waals surface area contributed by atoms with Gasteiger partial charge in [-0.25, -0.2) is 9.97 Å². The van der Waals surface area contributed by atoms with Gasteiger partial charge in [0, 0.05) is 11.9 Å². The van der Waals surface area contributed by atoms with Crippen molar-refractivity contribution in [3.05, 3.63) is 30.7 Å². The Bertz CT molecular complexity index is 256. The van der Waals surface area contributed by atoms with Crippen LogP contribution < -0.4 is 0 Å². The molecule has 1 radical (unpaired) electrons. The number of nitrogens with zero attached hydrogens (tertiary/aromatic N) is 2. The summed E-state index contributed by atoms with van der Waals surface area (Å²) in [6.07, 6.45) is -3.45. The van der Waals surface area contributed by atoms with Gasteiger partial charge in [-0.1, -0.05) is 0 Å². The average molecular weight is 161 g/mol. The summed E-state index contributed by atoms with van der Waals surface area (Å²) in [4.78, 5) is 6.13. The molecule has 1 rings (SSSR count). The van der Waals surface area contributed by atoms with Crippen molar-refractivity contribution in [2.45, 2.75) is 6.18 Å². The van der Waals surface area contributed by atoms with Crippen molar-refractivity contribution in [3.63, 3.8) is 0 Å². The van der Waals surface area contributed by atoms with E-state index >= 15 is 0 Å². The predicted molar refractivity (Wildman–Crippen MR) is 31.5 cm³/mol. The fourth-order valence-electron chi connectivity index (χ4n) is 0.533. The lowest BCUT2D eigenvalue weighted by Gasteiger charge is -2.03. The summed E-state index contributed by atoms with van der Waals surface area (Å²) in [5.74, 6) is -1.15. The second-order valence-electron chi connectivity index (χ2n) is 1.87. The molecule has 2 nitrogen and oxygen atoms in total. The molecule has 0 aliphatic rings. The van der Waals surface area contributed by atoms with Crippen molar-refractivity contribution >= 4 is 0 Å². The Morgan fingerprint density at radius 3 is 2.36 bits per heavy atom. The number of alkyl halides is 3. The molecule has 1 aromatic rings. The lowest BCUT2D eigenvalue weighted by molar-refractivity contribution is -0.145. The molecular formula is C6H4F3N2. The number of hydrogen-bond acceptors (Lipinski definition) is 2. The van der Waals surface area contributed by atoms with Gasteiger partial charge in [0.1, 0.15) is 0 Å². The molecular weight excluding hydrogens is 157 g/mol. The van der Waals surface area contributed by atoms with Crippen LogP contribution in [0.15, 0.2) is 12.3 Å². The summed E-state index contributed by atoms with van der Waals surface area (Å²) in [5, 5.41) is 0. The fraction of sp³-hybridized carbons (Fsp3) is 0.167. The second-order valence-corrected chi connectivity index (χ2v) is 1.87. The minimum Gasteiger partial charge on any atom is -0.233 e. The molecule has 1 aromatic heterocycles. The largest absolute Gasteiger partial charge is 0.451 e. The van der Waals surface area contributed by atoms with Crippen LogP contribution in [0.3, 0.4) is 0 Å². The van der Waals surface area contributed by atoms with Crippen LogP contribution in [0, 0.1) is 6.92 Å². The normalized spacial score (nSPS) is 11.6. The molecule has 0 atom stereocenters. The lowest BCUT2D eigenvalue weighted by Crippen LogP contribution is -2.10. The minimum absolute atomic E-state index is 0.0623. The van der Waals surface area contributed by atoms with Crippen LogP contribution in [0.25, 0.3) is 0 Å². The van der Waals surface area contributed by atoms with Gasteiger partial charge < -0.3 is 0 Å². The summed E-state index contributed by atoms with van der Waals surface area (Å²) in [6, 6.07) is 1.30. The van der Waals surface area contributed by atoms with Crippen LogP contribution >= 0.6 is 0 Å². The molecule has 0 aliphatic carbocycles. The van der Waals surface area contributed by atoms with E-state index in [0.29, 0.717) is 0 Å². The average Bonchev–Trinajstić information content (AvgIpc) is 1.86. The van der Waals surface area contributed by atoms with Gasteiger partial charge in [-0.3, -0.25) is 0 Å². The van der Waals surface area contributed by atoms with E-state index in [2.05, 4.69) is 16.9 Å². The van der Waals surface area contributed by atoms with Crippen molar-refractivity contribution in [1.29, 1.82) is 0 Å². The Hall–Kier alpha value is -1.13. The summed E-state index contributed by atoms with van der Waals surface area (Å²) >= 11 is 0. The van der Waals surface area contributed by atoms with Crippen LogP contribution in [-0.4, -0.2) is 9.97 Å². The van der Waals surface area contributed by atoms with E-state index in [1.54, 1.807) is 0 Å². The third kappa shape index (κ3) is 1.89. The van der Waals surface area contributed by atoms with Crippen molar-refractivity contribution in [3.8, 4) is 0 Å². The molecule has 0 saturated heterocycles. The van der Waals surface area contributed by atoms with Gasteiger partial charge in [0.25, 0.3) is 0 Å². The maximum atomic E-state index is 11.8. The minimum atomic E-state index is -4.48. The Morgan fingerprint density at radius 2 is 2.00 bits per heavy atom. The first-order chi connectivity index (χ1) is 5.00. The highest BCUT2D eigenvalue weighted by Gasteiger charge is 2.34. The molecule has 59 valence electrons. The van der Waals surface area contributed by atoms with Gasteiger partial charge in [0.2, 0.25) is 5.82 Å². The summed E-state index contributed by atoms with van der Waals surface area (Å²) in [7, 11) is 0. The van der Waals surface area contributed by atoms with Gasteiger partial charge in [-0.2, -0.15) is 13.2 Å². The predicted octanol–water partition coefficient (Wildman–Crippen LogP) is 1.68. The fourth-order valence-corrected chi connectivity index (χ4v) is 0.533. The van der Waals surface area contributed by atoms with Crippen molar-refractivity contribution in [2.24, 2.45) is 0 Å².